The molecule has 0 unspecified atom stereocenters. The van der Waals surface area contributed by atoms with Crippen LogP contribution in [0, 0.1) is 13.8 Å². The second kappa shape index (κ2) is 10.3. The number of amides is 2. The van der Waals surface area contributed by atoms with Crippen LogP contribution in [-0.4, -0.2) is 39.9 Å². The maximum atomic E-state index is 11.8. The molecule has 146 valence electrons. The molecule has 2 rings (SSSR count). The average Bonchev–Trinajstić information content (AvgIpc) is 2.67. The van der Waals surface area contributed by atoms with Crippen LogP contribution in [0.5, 0.6) is 17.2 Å². The number of methoxy groups -OCH3 is 2. The highest BCUT2D eigenvalue weighted by molar-refractivity contribution is 5.73. The van der Waals surface area contributed by atoms with Gasteiger partial charge in [-0.3, -0.25) is 0 Å². The van der Waals surface area contributed by atoms with E-state index in [1.165, 1.54) is 11.1 Å². The fourth-order valence-corrected chi connectivity index (χ4v) is 2.56. The van der Waals surface area contributed by atoms with Crippen molar-refractivity contribution in [2.45, 2.75) is 20.3 Å². The highest BCUT2D eigenvalue weighted by Crippen LogP contribution is 2.27. The first-order chi connectivity index (χ1) is 13.0. The molecule has 0 fully saturated rings. The van der Waals surface area contributed by atoms with E-state index in [-0.39, 0.29) is 6.03 Å². The van der Waals surface area contributed by atoms with Crippen molar-refractivity contribution in [1.82, 2.24) is 10.6 Å². The SMILES string of the molecule is COc1ccc(CCNC(=O)NCCOc2ccc(C)c(C)c2)cc1OC. The van der Waals surface area contributed by atoms with Crippen molar-refractivity contribution in [2.75, 3.05) is 33.9 Å². The van der Waals surface area contributed by atoms with E-state index in [2.05, 4.69) is 17.6 Å². The normalized spacial score (nSPS) is 10.2. The zero-order valence-electron chi connectivity index (χ0n) is 16.4. The van der Waals surface area contributed by atoms with Gasteiger partial charge in [-0.25, -0.2) is 4.79 Å². The summed E-state index contributed by atoms with van der Waals surface area (Å²) in [6, 6.07) is 11.5. The molecular formula is C21H28N2O4. The third-order valence-corrected chi connectivity index (χ3v) is 4.28. The topological polar surface area (TPSA) is 68.8 Å². The minimum Gasteiger partial charge on any atom is -0.493 e. The highest BCUT2D eigenvalue weighted by atomic mass is 16.5. The standard InChI is InChI=1S/C21H28N2O4/c1-15-5-7-18(13-16(15)2)27-12-11-23-21(24)22-10-9-17-6-8-19(25-3)20(14-17)26-4/h5-8,13-14H,9-12H2,1-4H3,(H2,22,23,24). The summed E-state index contributed by atoms with van der Waals surface area (Å²) in [7, 11) is 3.21. The number of urea groups is 1. The number of carbonyl (C=O) groups excluding carboxylic acids is 1. The highest BCUT2D eigenvalue weighted by Gasteiger charge is 2.05. The molecule has 0 aliphatic rings. The van der Waals surface area contributed by atoms with Crippen LogP contribution in [0.1, 0.15) is 16.7 Å². The predicted octanol–water partition coefficient (Wildman–Crippen LogP) is 3.24. The fourth-order valence-electron chi connectivity index (χ4n) is 2.56. The van der Waals surface area contributed by atoms with Gasteiger partial charge in [0.25, 0.3) is 0 Å². The number of carbonyl (C=O) groups is 1. The lowest BCUT2D eigenvalue weighted by Crippen LogP contribution is -2.38. The smallest absolute Gasteiger partial charge is 0.314 e. The molecule has 0 bridgehead atoms. The Morgan fingerprint density at radius 1 is 0.889 bits per heavy atom. The zero-order valence-corrected chi connectivity index (χ0v) is 16.4. The second-order valence-electron chi connectivity index (χ2n) is 6.22. The number of hydrogen-bond donors (Lipinski definition) is 2. The Labute approximate surface area is 160 Å². The Morgan fingerprint density at radius 3 is 2.33 bits per heavy atom. The Balaban J connectivity index is 1.65. The molecule has 2 aromatic carbocycles. The van der Waals surface area contributed by atoms with Crippen LogP contribution < -0.4 is 24.8 Å². The number of nitrogens with one attached hydrogen (secondary N) is 2. The number of rotatable bonds is 9. The first-order valence-electron chi connectivity index (χ1n) is 8.96. The lowest BCUT2D eigenvalue weighted by molar-refractivity contribution is 0.236. The van der Waals surface area contributed by atoms with Gasteiger partial charge < -0.3 is 24.8 Å². The van der Waals surface area contributed by atoms with Gasteiger partial charge >= 0.3 is 6.03 Å². The fraction of sp³-hybridized carbons (Fsp3) is 0.381. The molecule has 6 heteroatoms. The zero-order chi connectivity index (χ0) is 19.6. The molecule has 0 saturated carbocycles. The van der Waals surface area contributed by atoms with Crippen molar-refractivity contribution in [1.29, 1.82) is 0 Å². The molecule has 2 amide bonds. The molecular weight excluding hydrogens is 344 g/mol. The summed E-state index contributed by atoms with van der Waals surface area (Å²) in [6.45, 7) is 5.50. The Bertz CT molecular complexity index is 762. The third-order valence-electron chi connectivity index (χ3n) is 4.28. The van der Waals surface area contributed by atoms with Crippen LogP contribution in [0.2, 0.25) is 0 Å². The first kappa shape index (κ1) is 20.4. The van der Waals surface area contributed by atoms with Gasteiger partial charge in [0.2, 0.25) is 0 Å². The van der Waals surface area contributed by atoms with Gasteiger partial charge in [-0.15, -0.1) is 0 Å². The molecule has 2 N–H and O–H groups in total. The first-order valence-corrected chi connectivity index (χ1v) is 8.96. The van der Waals surface area contributed by atoms with E-state index < -0.39 is 0 Å². The third kappa shape index (κ3) is 6.40. The monoisotopic (exact) mass is 372 g/mol. The van der Waals surface area contributed by atoms with Crippen molar-refractivity contribution in [2.24, 2.45) is 0 Å². The van der Waals surface area contributed by atoms with Crippen molar-refractivity contribution in [3.05, 3.63) is 53.1 Å². The van der Waals surface area contributed by atoms with Crippen LogP contribution in [0.4, 0.5) is 4.79 Å². The molecule has 6 nitrogen and oxygen atoms in total. The van der Waals surface area contributed by atoms with Crippen molar-refractivity contribution >= 4 is 6.03 Å². The lowest BCUT2D eigenvalue weighted by Gasteiger charge is -2.11. The summed E-state index contributed by atoms with van der Waals surface area (Å²) >= 11 is 0. The van der Waals surface area contributed by atoms with Gasteiger partial charge in [0, 0.05) is 6.54 Å². The van der Waals surface area contributed by atoms with Gasteiger partial charge in [0.1, 0.15) is 12.4 Å². The van der Waals surface area contributed by atoms with Gasteiger partial charge in [0.05, 0.1) is 20.8 Å². The molecule has 0 radical (unpaired) electrons. The molecule has 0 atom stereocenters. The van der Waals surface area contributed by atoms with E-state index in [0.29, 0.717) is 37.6 Å². The summed E-state index contributed by atoms with van der Waals surface area (Å²) in [5.74, 6) is 2.19. The van der Waals surface area contributed by atoms with Crippen LogP contribution >= 0.6 is 0 Å². The number of hydrogen-bond acceptors (Lipinski definition) is 4. The second-order valence-corrected chi connectivity index (χ2v) is 6.22. The Morgan fingerprint density at radius 2 is 1.63 bits per heavy atom. The van der Waals surface area contributed by atoms with E-state index in [1.807, 2.05) is 43.3 Å². The van der Waals surface area contributed by atoms with Crippen molar-refractivity contribution in [3.63, 3.8) is 0 Å². The summed E-state index contributed by atoms with van der Waals surface area (Å²) < 4.78 is 16.1. The average molecular weight is 372 g/mol. The number of ether oxygens (including phenoxy) is 3. The van der Waals surface area contributed by atoms with Gasteiger partial charge in [0.15, 0.2) is 11.5 Å². The van der Waals surface area contributed by atoms with E-state index in [1.54, 1.807) is 14.2 Å². The molecule has 27 heavy (non-hydrogen) atoms. The van der Waals surface area contributed by atoms with E-state index >= 15 is 0 Å². The van der Waals surface area contributed by atoms with E-state index in [4.69, 9.17) is 14.2 Å². The van der Waals surface area contributed by atoms with Crippen LogP contribution in [0.15, 0.2) is 36.4 Å². The molecule has 0 spiro atoms. The molecule has 0 aromatic heterocycles. The predicted molar refractivity (Wildman–Crippen MR) is 106 cm³/mol. The van der Waals surface area contributed by atoms with E-state index in [0.717, 1.165) is 11.3 Å². The summed E-state index contributed by atoms with van der Waals surface area (Å²) in [4.78, 5) is 11.8. The molecule has 0 saturated heterocycles. The van der Waals surface area contributed by atoms with Gasteiger partial charge in [-0.05, 0) is 61.2 Å². The molecule has 2 aromatic rings. The summed E-state index contributed by atoms with van der Waals surface area (Å²) in [5, 5.41) is 5.62. The van der Waals surface area contributed by atoms with Crippen LogP contribution in [0.3, 0.4) is 0 Å². The number of aryl methyl sites for hydroxylation is 2. The van der Waals surface area contributed by atoms with Crippen molar-refractivity contribution < 1.29 is 19.0 Å². The largest absolute Gasteiger partial charge is 0.493 e. The maximum absolute atomic E-state index is 11.8. The van der Waals surface area contributed by atoms with E-state index in [9.17, 15) is 4.79 Å². The number of benzene rings is 2. The van der Waals surface area contributed by atoms with Crippen LogP contribution in [-0.2, 0) is 6.42 Å². The quantitative estimate of drug-likeness (QED) is 0.663. The minimum absolute atomic E-state index is 0.209. The van der Waals surface area contributed by atoms with Gasteiger partial charge in [-0.2, -0.15) is 0 Å². The summed E-state index contributed by atoms with van der Waals surface area (Å²) in [5.41, 5.74) is 3.48. The Hall–Kier alpha value is -2.89. The Kier molecular flexibility index (Phi) is 7.79. The van der Waals surface area contributed by atoms with Crippen molar-refractivity contribution in [3.8, 4) is 17.2 Å². The minimum atomic E-state index is -0.209. The molecule has 0 aliphatic carbocycles. The van der Waals surface area contributed by atoms with Gasteiger partial charge in [-0.1, -0.05) is 12.1 Å². The maximum Gasteiger partial charge on any atom is 0.314 e. The lowest BCUT2D eigenvalue weighted by atomic mass is 10.1. The molecule has 0 aliphatic heterocycles. The van der Waals surface area contributed by atoms with Crippen LogP contribution in [0.25, 0.3) is 0 Å². The summed E-state index contributed by atoms with van der Waals surface area (Å²) in [6.07, 6.45) is 0.701. The molecule has 0 heterocycles.